The van der Waals surface area contributed by atoms with Gasteiger partial charge in [0.25, 0.3) is 0 Å². The molecule has 104 valence electrons. The van der Waals surface area contributed by atoms with Gasteiger partial charge in [-0.15, -0.1) is 0 Å². The molecule has 0 unspecified atom stereocenters. The van der Waals surface area contributed by atoms with Crippen LogP contribution in [-0.4, -0.2) is 43.8 Å². The Kier molecular flexibility index (Phi) is 4.87. The first-order valence-electron chi connectivity index (χ1n) is 7.26. The fourth-order valence-electron chi connectivity index (χ4n) is 2.47. The van der Waals surface area contributed by atoms with E-state index < -0.39 is 0 Å². The number of rotatable bonds is 6. The quantitative estimate of drug-likeness (QED) is 0.739. The van der Waals surface area contributed by atoms with Gasteiger partial charge in [-0.3, -0.25) is 0 Å². The molecule has 0 aromatic carbocycles. The van der Waals surface area contributed by atoms with E-state index in [9.17, 15) is 4.79 Å². The lowest BCUT2D eigenvalue weighted by Gasteiger charge is -2.23. The predicted molar refractivity (Wildman–Crippen MR) is 71.5 cm³/mol. The average molecular weight is 254 g/mol. The lowest BCUT2D eigenvalue weighted by atomic mass is 10.1. The van der Waals surface area contributed by atoms with Gasteiger partial charge in [0.2, 0.25) is 0 Å². The second-order valence-electron chi connectivity index (χ2n) is 5.90. The van der Waals surface area contributed by atoms with E-state index in [1.807, 2.05) is 7.05 Å². The van der Waals surface area contributed by atoms with Crippen LogP contribution in [0.2, 0.25) is 0 Å². The first-order chi connectivity index (χ1) is 8.66. The molecule has 0 bridgehead atoms. The number of carbonyl (C=O) groups is 1. The number of urea groups is 1. The number of ether oxygens (including phenoxy) is 1. The smallest absolute Gasteiger partial charge is 0.317 e. The summed E-state index contributed by atoms with van der Waals surface area (Å²) in [5, 5.41) is 3.12. The fourth-order valence-corrected chi connectivity index (χ4v) is 2.47. The minimum absolute atomic E-state index is 0.0452. The highest BCUT2D eigenvalue weighted by Crippen LogP contribution is 2.28. The van der Waals surface area contributed by atoms with Crippen LogP contribution in [0.1, 0.15) is 39.0 Å². The normalized spacial score (nSPS) is 27.2. The van der Waals surface area contributed by atoms with Gasteiger partial charge in [0.1, 0.15) is 0 Å². The lowest BCUT2D eigenvalue weighted by molar-refractivity contribution is 0.107. The van der Waals surface area contributed by atoms with Gasteiger partial charge in [-0.05, 0) is 37.5 Å². The Morgan fingerprint density at radius 2 is 2.11 bits per heavy atom. The molecule has 0 saturated heterocycles. The van der Waals surface area contributed by atoms with Gasteiger partial charge < -0.3 is 15.0 Å². The molecule has 4 heteroatoms. The first kappa shape index (κ1) is 13.7. The third-order valence-electron chi connectivity index (χ3n) is 4.14. The maximum atomic E-state index is 11.9. The minimum atomic E-state index is 0.0452. The third kappa shape index (κ3) is 4.16. The van der Waals surface area contributed by atoms with E-state index >= 15 is 0 Å². The van der Waals surface area contributed by atoms with Crippen LogP contribution in [0.3, 0.4) is 0 Å². The van der Waals surface area contributed by atoms with E-state index in [0.717, 1.165) is 18.9 Å². The predicted octanol–water partition coefficient (Wildman–Crippen LogP) is 2.24. The third-order valence-corrected chi connectivity index (χ3v) is 4.14. The summed E-state index contributed by atoms with van der Waals surface area (Å²) in [4.78, 5) is 13.7. The van der Waals surface area contributed by atoms with Crippen LogP contribution in [-0.2, 0) is 4.74 Å². The first-order valence-corrected chi connectivity index (χ1v) is 7.26. The van der Waals surface area contributed by atoms with E-state index in [1.54, 1.807) is 4.90 Å². The maximum Gasteiger partial charge on any atom is 0.317 e. The lowest BCUT2D eigenvalue weighted by Crippen LogP contribution is -2.45. The van der Waals surface area contributed by atoms with E-state index in [-0.39, 0.29) is 6.03 Å². The molecule has 0 heterocycles. The number of hydrogen-bond donors (Lipinski definition) is 1. The summed E-state index contributed by atoms with van der Waals surface area (Å²) in [6, 6.07) is 0.413. The van der Waals surface area contributed by atoms with Crippen molar-refractivity contribution in [2.45, 2.75) is 45.1 Å². The zero-order chi connectivity index (χ0) is 13.0. The molecule has 4 nitrogen and oxygen atoms in total. The van der Waals surface area contributed by atoms with Gasteiger partial charge in [0.05, 0.1) is 6.61 Å². The van der Waals surface area contributed by atoms with Crippen LogP contribution in [0.5, 0.6) is 0 Å². The largest absolute Gasteiger partial charge is 0.379 e. The zero-order valence-corrected chi connectivity index (χ0v) is 11.7. The molecule has 0 radical (unpaired) electrons. The molecule has 0 aromatic heterocycles. The van der Waals surface area contributed by atoms with Crippen molar-refractivity contribution in [3.05, 3.63) is 0 Å². The van der Waals surface area contributed by atoms with Crippen molar-refractivity contribution < 1.29 is 9.53 Å². The molecular formula is C14H26N2O2. The molecule has 2 atom stereocenters. The molecule has 2 amide bonds. The standard InChI is InChI=1S/C14H26N2O2/c1-11-4-3-5-13(11)15-14(17)16(2)8-9-18-10-12-6-7-12/h11-13H,3-10H2,1-2H3,(H,15,17)/t11-,13+/m1/s1. The van der Waals surface area contributed by atoms with E-state index in [2.05, 4.69) is 12.2 Å². The Morgan fingerprint density at radius 1 is 1.33 bits per heavy atom. The molecule has 2 fully saturated rings. The van der Waals surface area contributed by atoms with Gasteiger partial charge in [-0.2, -0.15) is 0 Å². The van der Waals surface area contributed by atoms with E-state index in [1.165, 1.54) is 25.7 Å². The Bertz CT molecular complexity index is 279. The minimum Gasteiger partial charge on any atom is -0.379 e. The summed E-state index contributed by atoms with van der Waals surface area (Å²) in [5.41, 5.74) is 0. The highest BCUT2D eigenvalue weighted by molar-refractivity contribution is 5.74. The van der Waals surface area contributed by atoms with Crippen LogP contribution in [0.25, 0.3) is 0 Å². The molecule has 1 N–H and O–H groups in total. The van der Waals surface area contributed by atoms with E-state index in [0.29, 0.717) is 25.1 Å². The summed E-state index contributed by atoms with van der Waals surface area (Å²) in [5.74, 6) is 1.41. The molecule has 0 spiro atoms. The van der Waals surface area contributed by atoms with Gasteiger partial charge in [-0.1, -0.05) is 13.3 Å². The highest BCUT2D eigenvalue weighted by Gasteiger charge is 2.25. The second kappa shape index (κ2) is 6.41. The number of nitrogens with one attached hydrogen (secondary N) is 1. The highest BCUT2D eigenvalue weighted by atomic mass is 16.5. The number of hydrogen-bond acceptors (Lipinski definition) is 2. The summed E-state index contributed by atoms with van der Waals surface area (Å²) >= 11 is 0. The topological polar surface area (TPSA) is 41.6 Å². The number of nitrogens with zero attached hydrogens (tertiary/aromatic N) is 1. The van der Waals surface area contributed by atoms with Crippen molar-refractivity contribution in [2.75, 3.05) is 26.8 Å². The summed E-state index contributed by atoms with van der Waals surface area (Å²) < 4.78 is 5.55. The molecule has 2 saturated carbocycles. The summed E-state index contributed by atoms with van der Waals surface area (Å²) in [6.07, 6.45) is 6.23. The summed E-state index contributed by atoms with van der Waals surface area (Å²) in [7, 11) is 1.84. The van der Waals surface area contributed by atoms with Crippen molar-refractivity contribution in [1.82, 2.24) is 10.2 Å². The van der Waals surface area contributed by atoms with Crippen molar-refractivity contribution in [3.8, 4) is 0 Å². The number of likely N-dealkylation sites (N-methyl/N-ethyl adjacent to an activating group) is 1. The van der Waals surface area contributed by atoms with Gasteiger partial charge >= 0.3 is 6.03 Å². The molecule has 2 aliphatic carbocycles. The van der Waals surface area contributed by atoms with Crippen LogP contribution < -0.4 is 5.32 Å². The van der Waals surface area contributed by atoms with Crippen LogP contribution in [0.15, 0.2) is 0 Å². The number of carbonyl (C=O) groups excluding carboxylic acids is 1. The van der Waals surface area contributed by atoms with Crippen molar-refractivity contribution in [1.29, 1.82) is 0 Å². The molecule has 18 heavy (non-hydrogen) atoms. The van der Waals surface area contributed by atoms with Gasteiger partial charge in [0.15, 0.2) is 0 Å². The van der Waals surface area contributed by atoms with Crippen LogP contribution in [0.4, 0.5) is 4.79 Å². The monoisotopic (exact) mass is 254 g/mol. The van der Waals surface area contributed by atoms with Crippen molar-refractivity contribution >= 4 is 6.03 Å². The SMILES string of the molecule is C[C@@H]1CCC[C@@H]1NC(=O)N(C)CCOCC1CC1. The van der Waals surface area contributed by atoms with Crippen molar-refractivity contribution in [3.63, 3.8) is 0 Å². The molecule has 0 aliphatic heterocycles. The summed E-state index contributed by atoms with van der Waals surface area (Å²) in [6.45, 7) is 4.42. The Labute approximate surface area is 110 Å². The molecule has 0 aromatic rings. The van der Waals surface area contributed by atoms with E-state index in [4.69, 9.17) is 4.74 Å². The maximum absolute atomic E-state index is 11.9. The van der Waals surface area contributed by atoms with Crippen LogP contribution >= 0.6 is 0 Å². The number of amides is 2. The van der Waals surface area contributed by atoms with Crippen LogP contribution in [0, 0.1) is 11.8 Å². The van der Waals surface area contributed by atoms with Crippen molar-refractivity contribution in [2.24, 2.45) is 11.8 Å². The average Bonchev–Trinajstić information content (AvgIpc) is 3.09. The van der Waals surface area contributed by atoms with Gasteiger partial charge in [-0.25, -0.2) is 4.79 Å². The molecule has 2 aliphatic rings. The Morgan fingerprint density at radius 3 is 2.72 bits per heavy atom. The Balaban J connectivity index is 1.58. The fraction of sp³-hybridized carbons (Fsp3) is 0.929. The van der Waals surface area contributed by atoms with Gasteiger partial charge in [0, 0.05) is 26.2 Å². The second-order valence-corrected chi connectivity index (χ2v) is 5.90. The molecule has 2 rings (SSSR count). The Hall–Kier alpha value is -0.770. The zero-order valence-electron chi connectivity index (χ0n) is 11.7. The molecular weight excluding hydrogens is 228 g/mol.